The molecule has 3 heterocycles. The highest BCUT2D eigenvalue weighted by molar-refractivity contribution is 5.89. The van der Waals surface area contributed by atoms with Crippen molar-refractivity contribution in [3.05, 3.63) is 59.8 Å². The predicted molar refractivity (Wildman–Crippen MR) is 135 cm³/mol. The fourth-order valence-corrected chi connectivity index (χ4v) is 4.34. The molecule has 2 aliphatic rings. The van der Waals surface area contributed by atoms with Gasteiger partial charge >= 0.3 is 6.09 Å². The lowest BCUT2D eigenvalue weighted by Crippen LogP contribution is -2.47. The summed E-state index contributed by atoms with van der Waals surface area (Å²) in [7, 11) is 0. The average Bonchev–Trinajstić information content (AvgIpc) is 2.86. The number of hydrogen-bond acceptors (Lipinski definition) is 7. The number of piperazine rings is 1. The topological polar surface area (TPSA) is 90.9 Å². The quantitative estimate of drug-likeness (QED) is 0.580. The number of aromatic nitrogens is 2. The number of anilines is 2. The van der Waals surface area contributed by atoms with E-state index in [1.165, 1.54) is 11.6 Å². The number of cyclic esters (lactones) is 1. The minimum Gasteiger partial charge on any atom is -0.444 e. The van der Waals surface area contributed by atoms with Crippen molar-refractivity contribution in [3.63, 3.8) is 0 Å². The molecule has 4 rings (SSSR count). The normalized spacial score (nSPS) is 17.1. The number of carbonyl (C=O) groups excluding carboxylic acids is 2. The summed E-state index contributed by atoms with van der Waals surface area (Å²) in [5.74, 6) is 1.39. The molecular weight excluding hydrogens is 444 g/mol. The molecule has 0 spiro atoms. The smallest absolute Gasteiger partial charge is 0.415 e. The van der Waals surface area contributed by atoms with E-state index in [-0.39, 0.29) is 30.6 Å². The fourth-order valence-electron chi connectivity index (χ4n) is 4.34. The Labute approximate surface area is 206 Å². The molecule has 0 aliphatic carbocycles. The van der Waals surface area contributed by atoms with Crippen LogP contribution in [0.5, 0.6) is 0 Å². The minimum absolute atomic E-state index is 0.00552. The highest BCUT2D eigenvalue weighted by Gasteiger charge is 2.28. The van der Waals surface area contributed by atoms with Crippen LogP contribution in [0.2, 0.25) is 0 Å². The summed E-state index contributed by atoms with van der Waals surface area (Å²) in [5.41, 5.74) is 3.16. The maximum atomic E-state index is 12.3. The van der Waals surface area contributed by atoms with Gasteiger partial charge in [0.05, 0.1) is 11.6 Å². The molecule has 35 heavy (non-hydrogen) atoms. The Morgan fingerprint density at radius 1 is 1.17 bits per heavy atom. The molecule has 0 bridgehead atoms. The number of carbonyl (C=O) groups is 2. The Bertz CT molecular complexity index is 1060. The molecule has 186 valence electrons. The van der Waals surface area contributed by atoms with Gasteiger partial charge in [-0.25, -0.2) is 9.78 Å². The van der Waals surface area contributed by atoms with Crippen LogP contribution in [0.15, 0.2) is 43.1 Å². The van der Waals surface area contributed by atoms with Crippen LogP contribution < -0.4 is 10.2 Å². The van der Waals surface area contributed by atoms with Crippen LogP contribution in [0.1, 0.15) is 43.5 Å². The second-order valence-corrected chi connectivity index (χ2v) is 9.51. The SMILES string of the molecule is C=CC(=O)N1CCN(Cc2ccc([C@H](C)Nc3ncc4c(n3)N(CC(C)C)C(=O)OC4)cc2)CC1. The van der Waals surface area contributed by atoms with E-state index in [9.17, 15) is 9.59 Å². The number of nitrogens with one attached hydrogen (secondary N) is 1. The molecule has 2 aromatic rings. The van der Waals surface area contributed by atoms with Gasteiger partial charge in [0, 0.05) is 45.5 Å². The first-order chi connectivity index (χ1) is 16.8. The van der Waals surface area contributed by atoms with Crippen LogP contribution in [0.4, 0.5) is 16.6 Å². The third-order valence-corrected chi connectivity index (χ3v) is 6.31. The molecule has 2 aliphatic heterocycles. The molecule has 9 nitrogen and oxygen atoms in total. The summed E-state index contributed by atoms with van der Waals surface area (Å²) < 4.78 is 5.26. The van der Waals surface area contributed by atoms with E-state index in [0.717, 1.165) is 43.9 Å². The second-order valence-electron chi connectivity index (χ2n) is 9.51. The van der Waals surface area contributed by atoms with Crippen LogP contribution in [0.25, 0.3) is 0 Å². The van der Waals surface area contributed by atoms with E-state index < -0.39 is 0 Å². The van der Waals surface area contributed by atoms with Crippen molar-refractivity contribution in [2.45, 2.75) is 40.0 Å². The minimum atomic E-state index is -0.367. The molecule has 2 amide bonds. The maximum absolute atomic E-state index is 12.3. The maximum Gasteiger partial charge on any atom is 0.415 e. The van der Waals surface area contributed by atoms with E-state index >= 15 is 0 Å². The summed E-state index contributed by atoms with van der Waals surface area (Å²) in [6.07, 6.45) is 2.74. The van der Waals surface area contributed by atoms with Crippen molar-refractivity contribution in [1.82, 2.24) is 19.8 Å². The molecular formula is C26H34N6O3. The van der Waals surface area contributed by atoms with Crippen molar-refractivity contribution >= 4 is 23.8 Å². The lowest BCUT2D eigenvalue weighted by atomic mass is 10.1. The van der Waals surface area contributed by atoms with Crippen LogP contribution >= 0.6 is 0 Å². The monoisotopic (exact) mass is 478 g/mol. The highest BCUT2D eigenvalue weighted by atomic mass is 16.6. The first-order valence-corrected chi connectivity index (χ1v) is 12.1. The number of fused-ring (bicyclic) bond motifs is 1. The second kappa shape index (κ2) is 10.9. The van der Waals surface area contributed by atoms with E-state index in [1.807, 2.05) is 4.90 Å². The summed E-state index contributed by atoms with van der Waals surface area (Å²) in [5, 5.41) is 3.36. The summed E-state index contributed by atoms with van der Waals surface area (Å²) in [6, 6.07) is 8.51. The highest BCUT2D eigenvalue weighted by Crippen LogP contribution is 2.27. The van der Waals surface area contributed by atoms with Crippen molar-refractivity contribution in [1.29, 1.82) is 0 Å². The molecule has 1 aromatic carbocycles. The molecule has 1 atom stereocenters. The molecule has 0 unspecified atom stereocenters. The van der Waals surface area contributed by atoms with Gasteiger partial charge in [0.25, 0.3) is 0 Å². The van der Waals surface area contributed by atoms with E-state index in [2.05, 4.69) is 71.8 Å². The largest absolute Gasteiger partial charge is 0.444 e. The third kappa shape index (κ3) is 5.97. The molecule has 1 fully saturated rings. The number of hydrogen-bond donors (Lipinski definition) is 1. The Balaban J connectivity index is 1.36. The number of nitrogens with zero attached hydrogens (tertiary/aromatic N) is 5. The molecule has 9 heteroatoms. The van der Waals surface area contributed by atoms with Crippen LogP contribution in [0.3, 0.4) is 0 Å². The molecule has 0 saturated carbocycles. The number of ether oxygens (including phenoxy) is 1. The van der Waals surface area contributed by atoms with Crippen molar-refractivity contribution in [3.8, 4) is 0 Å². The zero-order valence-corrected chi connectivity index (χ0v) is 20.7. The van der Waals surface area contributed by atoms with Gasteiger partial charge in [0.15, 0.2) is 0 Å². The average molecular weight is 479 g/mol. The summed E-state index contributed by atoms with van der Waals surface area (Å²) >= 11 is 0. The Morgan fingerprint density at radius 2 is 1.89 bits per heavy atom. The van der Waals surface area contributed by atoms with E-state index in [4.69, 9.17) is 4.74 Å². The Morgan fingerprint density at radius 3 is 2.54 bits per heavy atom. The van der Waals surface area contributed by atoms with E-state index in [0.29, 0.717) is 18.3 Å². The van der Waals surface area contributed by atoms with Crippen molar-refractivity contribution in [2.24, 2.45) is 5.92 Å². The number of amides is 2. The number of benzene rings is 1. The van der Waals surface area contributed by atoms with E-state index in [1.54, 1.807) is 11.1 Å². The first-order valence-electron chi connectivity index (χ1n) is 12.1. The van der Waals surface area contributed by atoms with Gasteiger partial charge in [0.1, 0.15) is 12.4 Å². The van der Waals surface area contributed by atoms with Gasteiger partial charge < -0.3 is 15.0 Å². The zero-order chi connectivity index (χ0) is 24.9. The molecule has 1 N–H and O–H groups in total. The van der Waals surface area contributed by atoms with Crippen LogP contribution in [-0.2, 0) is 22.7 Å². The molecule has 0 radical (unpaired) electrons. The lowest BCUT2D eigenvalue weighted by molar-refractivity contribution is -0.127. The number of rotatable bonds is 8. The van der Waals surface area contributed by atoms with Crippen LogP contribution in [-0.4, -0.2) is 64.5 Å². The molecule has 1 aromatic heterocycles. The van der Waals surface area contributed by atoms with Gasteiger partial charge in [-0.3, -0.25) is 14.6 Å². The Hall–Kier alpha value is -3.46. The predicted octanol–water partition coefficient (Wildman–Crippen LogP) is 3.59. The third-order valence-electron chi connectivity index (χ3n) is 6.31. The standard InChI is InChI=1S/C26H34N6O3/c1-5-23(33)31-12-10-30(11-13-31)16-20-6-8-21(9-7-20)19(4)28-25-27-14-22-17-35-26(34)32(15-18(2)3)24(22)29-25/h5-9,14,18-19H,1,10-13,15-17H2,2-4H3,(H,27,28,29)/t19-/m0/s1. The lowest BCUT2D eigenvalue weighted by Gasteiger charge is -2.34. The van der Waals surface area contributed by atoms with Gasteiger partial charge in [-0.1, -0.05) is 44.7 Å². The van der Waals surface area contributed by atoms with Crippen LogP contribution in [0, 0.1) is 5.92 Å². The summed E-state index contributed by atoms with van der Waals surface area (Å²) in [6.45, 7) is 14.5. The fraction of sp³-hybridized carbons (Fsp3) is 0.462. The van der Waals surface area contributed by atoms with Gasteiger partial charge in [-0.05, 0) is 30.0 Å². The van der Waals surface area contributed by atoms with Gasteiger partial charge in [0.2, 0.25) is 11.9 Å². The summed E-state index contributed by atoms with van der Waals surface area (Å²) in [4.78, 5) is 38.9. The van der Waals surface area contributed by atoms with Crippen molar-refractivity contribution in [2.75, 3.05) is 42.9 Å². The first kappa shape index (κ1) is 24.7. The zero-order valence-electron chi connectivity index (χ0n) is 20.7. The van der Waals surface area contributed by atoms with Crippen molar-refractivity contribution < 1.29 is 14.3 Å². The van der Waals surface area contributed by atoms with Gasteiger partial charge in [-0.15, -0.1) is 0 Å². The molecule has 1 saturated heterocycles. The van der Waals surface area contributed by atoms with Gasteiger partial charge in [-0.2, -0.15) is 4.98 Å². The Kier molecular flexibility index (Phi) is 7.65.